The molecular weight excluding hydrogens is 382 g/mol. The molecule has 0 aromatic heterocycles. The van der Waals surface area contributed by atoms with Gasteiger partial charge < -0.3 is 19.2 Å². The average Bonchev–Trinajstić information content (AvgIpc) is 2.12. The molecule has 0 saturated heterocycles. The second kappa shape index (κ2) is 160. The molecule has 7 heteroatoms. The Morgan fingerprint density at radius 1 is 0.600 bits per heavy atom. The predicted octanol–water partition coefficient (Wildman–Crippen LogP) is 0.340. The first kappa shape index (κ1) is 36.4. The van der Waals surface area contributed by atoms with Crippen LogP contribution in [0.25, 0.3) is 0 Å². The smallest absolute Gasteiger partial charge is 0 e. The predicted molar refractivity (Wildman–Crippen MR) is 46.2 cm³/mol. The van der Waals surface area contributed by atoms with Crippen molar-refractivity contribution in [3.8, 4) is 0 Å². The molecule has 0 aliphatic carbocycles. The molecule has 0 unspecified atom stereocenters. The van der Waals surface area contributed by atoms with Crippen molar-refractivity contribution in [2.45, 2.75) is 27.7 Å². The van der Waals surface area contributed by atoms with Crippen LogP contribution in [0.2, 0.25) is 0 Å². The third-order valence-electron chi connectivity index (χ3n) is 0. The van der Waals surface area contributed by atoms with Crippen molar-refractivity contribution in [3.05, 3.63) is 0 Å². The van der Waals surface area contributed by atoms with Crippen molar-refractivity contribution in [2.24, 2.45) is 0 Å². The average molecular weight is 394 g/mol. The van der Waals surface area contributed by atoms with Gasteiger partial charge in [0.25, 0.3) is 0 Å². The third-order valence-corrected chi connectivity index (χ3v) is 0. The summed E-state index contributed by atoms with van der Waals surface area (Å²) < 4.78 is 8.14. The molecule has 0 spiro atoms. The monoisotopic (exact) mass is 394 g/mol. The van der Waals surface area contributed by atoms with Gasteiger partial charge in [0.2, 0.25) is 0 Å². The maximum Gasteiger partial charge on any atom is 0 e. The summed E-state index contributed by atoms with van der Waals surface area (Å²) in [7, 11) is 0. The molecule has 5 nitrogen and oxygen atoms in total. The number of hydrogen-bond acceptors (Lipinski definition) is 5. The van der Waals surface area contributed by atoms with Crippen molar-refractivity contribution in [1.82, 2.24) is 0 Å². The number of carbonyl (C=O) groups excluding carboxylic acids is 4. The van der Waals surface area contributed by atoms with Crippen molar-refractivity contribution in [3.63, 3.8) is 0 Å². The molecular formula is C8H12O5Rh2-4. The Bertz CT molecular complexity index is 85.2. The van der Waals surface area contributed by atoms with Gasteiger partial charge in [0.1, 0.15) is 0 Å². The molecule has 0 amide bonds. The quantitative estimate of drug-likeness (QED) is 0.437. The second-order valence-electron chi connectivity index (χ2n) is 0.816. The van der Waals surface area contributed by atoms with Crippen LogP contribution >= 0.6 is 0 Å². The molecule has 0 atom stereocenters. The van der Waals surface area contributed by atoms with Crippen LogP contribution in [-0.2, 0) is 60.5 Å². The molecule has 0 N–H and O–H groups in total. The summed E-state index contributed by atoms with van der Waals surface area (Å²) in [6.45, 7) is 5.28. The minimum absolute atomic E-state index is 0. The molecule has 0 aromatic rings. The van der Waals surface area contributed by atoms with Gasteiger partial charge in [-0.15, -0.1) is 0 Å². The standard InChI is InChI=1S/4C2H3O.O.2Rh/c4*1-2-3;;;/h4*1H3;;;/q4*-1;;;. The Balaban J connectivity index is -0.0000000167. The fourth-order valence-electron chi connectivity index (χ4n) is 0. The summed E-state index contributed by atoms with van der Waals surface area (Å²) in [6.07, 6.45) is 6.00. The van der Waals surface area contributed by atoms with Crippen LogP contribution < -0.4 is 0 Å². The molecule has 1 radical (unpaired) electrons. The Morgan fingerprint density at radius 2 is 0.600 bits per heavy atom. The first-order chi connectivity index (χ1) is 6.66. The molecule has 0 aliphatic heterocycles. The van der Waals surface area contributed by atoms with Gasteiger partial charge in [0.15, 0.2) is 0 Å². The van der Waals surface area contributed by atoms with E-state index in [0.29, 0.717) is 0 Å². The van der Waals surface area contributed by atoms with Crippen LogP contribution in [0, 0.1) is 0 Å². The van der Waals surface area contributed by atoms with Gasteiger partial charge in [-0.25, -0.2) is 0 Å². The minimum atomic E-state index is 0. The molecule has 0 aromatic carbocycles. The zero-order valence-corrected chi connectivity index (χ0v) is 12.0. The van der Waals surface area contributed by atoms with Crippen LogP contribution in [0.4, 0.5) is 0 Å². The molecule has 15 heavy (non-hydrogen) atoms. The van der Waals surface area contributed by atoms with E-state index in [1.54, 1.807) is 0 Å². The van der Waals surface area contributed by atoms with Crippen molar-refractivity contribution < 1.29 is 60.5 Å². The van der Waals surface area contributed by atoms with Gasteiger partial charge in [0.05, 0.1) is 0 Å². The van der Waals surface area contributed by atoms with Crippen molar-refractivity contribution in [1.29, 1.82) is 0 Å². The van der Waals surface area contributed by atoms with Crippen LogP contribution in [0.1, 0.15) is 27.7 Å². The van der Waals surface area contributed by atoms with Gasteiger partial charge in [-0.2, -0.15) is 27.7 Å². The fraction of sp³-hybridized carbons (Fsp3) is 0.500. The summed E-state index contributed by atoms with van der Waals surface area (Å²) in [5.41, 5.74) is 0. The van der Waals surface area contributed by atoms with E-state index in [4.69, 9.17) is 22.8 Å². The molecule has 96 valence electrons. The van der Waals surface area contributed by atoms with E-state index in [-0.39, 0.29) is 19.5 Å². The third kappa shape index (κ3) is 25300. The van der Waals surface area contributed by atoms with Gasteiger partial charge >= 0.3 is 21.8 Å². The van der Waals surface area contributed by atoms with E-state index in [2.05, 4.69) is 0 Å². The van der Waals surface area contributed by atoms with Crippen LogP contribution in [0.3, 0.4) is 0 Å². The van der Waals surface area contributed by atoms with E-state index in [9.17, 15) is 0 Å². The number of rotatable bonds is 0. The van der Waals surface area contributed by atoms with Gasteiger partial charge in [0, 0.05) is 19.5 Å². The zero-order chi connectivity index (χ0) is 12.8. The van der Waals surface area contributed by atoms with Gasteiger partial charge in [-0.3, -0.25) is 25.1 Å². The molecule has 0 bridgehead atoms. The Hall–Kier alpha value is -0.273. The maximum absolute atomic E-state index is 8.68. The Kier molecular flexibility index (Phi) is 389. The normalized spacial score (nSPS) is 3.80. The molecule has 0 rings (SSSR count). The van der Waals surface area contributed by atoms with E-state index in [1.165, 1.54) is 71.1 Å². The van der Waals surface area contributed by atoms with Crippen LogP contribution in [0.5, 0.6) is 0 Å². The largest absolute Gasteiger partial charge is 0 e. The second-order valence-corrected chi connectivity index (χ2v) is 0.816. The molecule has 0 saturated carbocycles. The van der Waals surface area contributed by atoms with Gasteiger partial charge in [-0.1, -0.05) is 0 Å². The fourth-order valence-corrected chi connectivity index (χ4v) is 0. The zero-order valence-electron chi connectivity index (χ0n) is 8.71. The van der Waals surface area contributed by atoms with Crippen molar-refractivity contribution >= 4 is 25.1 Å². The summed E-state index contributed by atoms with van der Waals surface area (Å²) in [5, 5.41) is 0. The van der Waals surface area contributed by atoms with E-state index in [1.807, 2.05) is 0 Å². The summed E-state index contributed by atoms with van der Waals surface area (Å²) in [4.78, 5) is 34.7. The van der Waals surface area contributed by atoms with Crippen LogP contribution in [-0.4, -0.2) is 25.1 Å². The van der Waals surface area contributed by atoms with E-state index >= 15 is 0 Å². The SMILES string of the molecule is C[C-]=O.C[C-]=O.C[C-]=O.C[C-]=O.[O]=[Rh].[Rh]. The first-order valence-electron chi connectivity index (χ1n) is 2.95. The van der Waals surface area contributed by atoms with Crippen LogP contribution in [0.15, 0.2) is 0 Å². The van der Waals surface area contributed by atoms with Gasteiger partial charge in [-0.05, 0) is 0 Å². The summed E-state index contributed by atoms with van der Waals surface area (Å²) in [5.74, 6) is 0. The summed E-state index contributed by atoms with van der Waals surface area (Å²) in [6, 6.07) is 0. The molecule has 0 aliphatic rings. The minimum Gasteiger partial charge on any atom is 0 e. The number of hydrogen-bond donors (Lipinski definition) is 0. The molecule has 0 fully saturated rings. The van der Waals surface area contributed by atoms with E-state index in [0.717, 1.165) is 0 Å². The van der Waals surface area contributed by atoms with E-state index < -0.39 is 0 Å². The Labute approximate surface area is 113 Å². The molecule has 0 heterocycles. The first-order valence-corrected chi connectivity index (χ1v) is 3.62. The maximum atomic E-state index is 8.68. The Morgan fingerprint density at radius 3 is 0.600 bits per heavy atom. The van der Waals surface area contributed by atoms with Crippen molar-refractivity contribution in [2.75, 3.05) is 0 Å². The topological polar surface area (TPSA) is 85.3 Å². The summed E-state index contributed by atoms with van der Waals surface area (Å²) >= 11 is 1.30.